The zero-order valence-electron chi connectivity index (χ0n) is 6.77. The summed E-state index contributed by atoms with van der Waals surface area (Å²) in [6.45, 7) is 0.473. The molecule has 0 spiro atoms. The molecule has 0 unspecified atom stereocenters. The van der Waals surface area contributed by atoms with E-state index >= 15 is 0 Å². The van der Waals surface area contributed by atoms with Crippen LogP contribution < -0.4 is 5.73 Å². The van der Waals surface area contributed by atoms with Crippen molar-refractivity contribution in [3.63, 3.8) is 0 Å². The number of nitrogens with two attached hydrogens (primary N) is 1. The van der Waals surface area contributed by atoms with Crippen molar-refractivity contribution in [2.24, 2.45) is 5.73 Å². The molecule has 5 heteroatoms. The first-order valence-corrected chi connectivity index (χ1v) is 3.43. The van der Waals surface area contributed by atoms with Gasteiger partial charge in [0, 0.05) is 12.6 Å². The summed E-state index contributed by atoms with van der Waals surface area (Å²) < 4.78 is 5.11. The van der Waals surface area contributed by atoms with Crippen LogP contribution in [0.3, 0.4) is 0 Å². The predicted molar refractivity (Wildman–Crippen MR) is 56.4 cm³/mol. The molecule has 0 saturated heterocycles. The molecule has 0 bridgehead atoms. The second kappa shape index (κ2) is 5.07. The van der Waals surface area contributed by atoms with E-state index < -0.39 is 0 Å². The van der Waals surface area contributed by atoms with Crippen LogP contribution in [0.2, 0.25) is 0 Å². The summed E-state index contributed by atoms with van der Waals surface area (Å²) in [6.07, 6.45) is 1.62. The highest BCUT2D eigenvalue weighted by Crippen LogP contribution is 2.12. The van der Waals surface area contributed by atoms with Crippen LogP contribution in [0, 0.1) is 0 Å². The Morgan fingerprint density at radius 3 is 2.69 bits per heavy atom. The van der Waals surface area contributed by atoms with Gasteiger partial charge in [-0.3, -0.25) is 0 Å². The maximum atomic E-state index is 5.42. The highest BCUT2D eigenvalue weighted by molar-refractivity contribution is 5.85. The molecule has 0 fully saturated rings. The minimum Gasteiger partial charge on any atom is -0.463 e. The summed E-state index contributed by atoms with van der Waals surface area (Å²) in [5.41, 5.74) is 7.98. The number of aromatic nitrogens is 1. The van der Waals surface area contributed by atoms with Crippen LogP contribution in [0.15, 0.2) is 28.9 Å². The molecule has 0 amide bonds. The van der Waals surface area contributed by atoms with Crippen molar-refractivity contribution in [3.05, 3.63) is 30.2 Å². The Morgan fingerprint density at radius 2 is 2.00 bits per heavy atom. The van der Waals surface area contributed by atoms with Crippen molar-refractivity contribution in [2.45, 2.75) is 6.54 Å². The molecule has 3 nitrogen and oxygen atoms in total. The summed E-state index contributed by atoms with van der Waals surface area (Å²) in [7, 11) is 0. The number of hydrogen-bond acceptors (Lipinski definition) is 3. The lowest BCUT2D eigenvalue weighted by Gasteiger charge is -1.93. The van der Waals surface area contributed by atoms with E-state index in [2.05, 4.69) is 4.98 Å². The van der Waals surface area contributed by atoms with Gasteiger partial charge in [0.05, 0.1) is 12.0 Å². The van der Waals surface area contributed by atoms with Gasteiger partial charge in [-0.15, -0.1) is 24.8 Å². The maximum Gasteiger partial charge on any atom is 0.152 e. The van der Waals surface area contributed by atoms with E-state index in [-0.39, 0.29) is 24.8 Å². The average Bonchev–Trinajstić information content (AvgIpc) is 2.50. The average molecular weight is 221 g/mol. The first-order valence-electron chi connectivity index (χ1n) is 3.43. The first kappa shape index (κ1) is 12.2. The smallest absolute Gasteiger partial charge is 0.152 e. The van der Waals surface area contributed by atoms with Gasteiger partial charge >= 0.3 is 0 Å². The molecule has 0 aliphatic heterocycles. The Labute approximate surface area is 88.1 Å². The third kappa shape index (κ3) is 2.34. The van der Waals surface area contributed by atoms with Crippen LogP contribution in [-0.4, -0.2) is 4.98 Å². The molecule has 0 radical (unpaired) electrons. The number of fused-ring (bicyclic) bond motifs is 1. The second-order valence-electron chi connectivity index (χ2n) is 2.31. The van der Waals surface area contributed by atoms with Gasteiger partial charge in [0.2, 0.25) is 0 Å². The summed E-state index contributed by atoms with van der Waals surface area (Å²) in [4.78, 5) is 4.23. The van der Waals surface area contributed by atoms with E-state index in [1.165, 1.54) is 0 Å². The number of hydrogen-bond donors (Lipinski definition) is 1. The fourth-order valence-electron chi connectivity index (χ4n) is 1.01. The summed E-state index contributed by atoms with van der Waals surface area (Å²) >= 11 is 0. The minimum atomic E-state index is 0. The summed E-state index contributed by atoms with van der Waals surface area (Å²) in [5.74, 6) is 0. The Balaban J connectivity index is 0.000000720. The van der Waals surface area contributed by atoms with Crippen molar-refractivity contribution < 1.29 is 4.42 Å². The Hall–Kier alpha value is -0.770. The topological polar surface area (TPSA) is 52.0 Å². The number of halogens is 2. The lowest BCUT2D eigenvalue weighted by Crippen LogP contribution is -1.98. The van der Waals surface area contributed by atoms with Gasteiger partial charge in [-0.1, -0.05) is 0 Å². The molecule has 0 saturated carbocycles. The van der Waals surface area contributed by atoms with Crippen molar-refractivity contribution >= 4 is 35.9 Å². The lowest BCUT2D eigenvalue weighted by molar-refractivity contribution is 0.615. The molecule has 72 valence electrons. The zero-order valence-corrected chi connectivity index (χ0v) is 8.40. The van der Waals surface area contributed by atoms with Crippen LogP contribution in [0.5, 0.6) is 0 Å². The van der Waals surface area contributed by atoms with Crippen LogP contribution >= 0.6 is 24.8 Å². The third-order valence-electron chi connectivity index (χ3n) is 1.57. The van der Waals surface area contributed by atoms with E-state index in [1.54, 1.807) is 6.26 Å². The molecule has 0 aliphatic rings. The van der Waals surface area contributed by atoms with E-state index in [1.807, 2.05) is 18.2 Å². The normalized spacial score (nSPS) is 9.00. The molecule has 2 rings (SSSR count). The second-order valence-corrected chi connectivity index (χ2v) is 2.31. The first-order chi connectivity index (χ1) is 5.40. The van der Waals surface area contributed by atoms with Crippen molar-refractivity contribution in [2.75, 3.05) is 0 Å². The van der Waals surface area contributed by atoms with Crippen molar-refractivity contribution in [1.29, 1.82) is 0 Å². The molecule has 0 aliphatic carbocycles. The minimum absolute atomic E-state index is 0. The molecule has 0 aromatic carbocycles. The standard InChI is InChI=1S/C8H8N2O.2ClH/c9-5-6-1-2-8-7(10-6)3-4-11-8;;/h1-4H,5,9H2;2*1H. The molecular weight excluding hydrogens is 211 g/mol. The van der Waals surface area contributed by atoms with Crippen molar-refractivity contribution in [1.82, 2.24) is 4.98 Å². The van der Waals surface area contributed by atoms with Crippen LogP contribution in [0.4, 0.5) is 0 Å². The molecule has 2 heterocycles. The van der Waals surface area contributed by atoms with Crippen molar-refractivity contribution in [3.8, 4) is 0 Å². The summed E-state index contributed by atoms with van der Waals surface area (Å²) in [5, 5.41) is 0. The zero-order chi connectivity index (χ0) is 7.68. The molecule has 13 heavy (non-hydrogen) atoms. The van der Waals surface area contributed by atoms with Gasteiger partial charge in [-0.05, 0) is 12.1 Å². The van der Waals surface area contributed by atoms with E-state index in [4.69, 9.17) is 10.2 Å². The van der Waals surface area contributed by atoms with Gasteiger partial charge in [-0.2, -0.15) is 0 Å². The van der Waals surface area contributed by atoms with Gasteiger partial charge in [0.15, 0.2) is 5.58 Å². The van der Waals surface area contributed by atoms with E-state index in [9.17, 15) is 0 Å². The fraction of sp³-hybridized carbons (Fsp3) is 0.125. The highest BCUT2D eigenvalue weighted by atomic mass is 35.5. The van der Waals surface area contributed by atoms with Crippen LogP contribution in [-0.2, 0) is 6.54 Å². The Bertz CT molecular complexity index is 375. The fourth-order valence-corrected chi connectivity index (χ4v) is 1.01. The van der Waals surface area contributed by atoms with Gasteiger partial charge in [0.25, 0.3) is 0 Å². The van der Waals surface area contributed by atoms with Gasteiger partial charge in [-0.25, -0.2) is 4.98 Å². The van der Waals surface area contributed by atoms with Gasteiger partial charge < -0.3 is 10.2 Å². The molecule has 2 aromatic heterocycles. The number of pyridine rings is 1. The largest absolute Gasteiger partial charge is 0.463 e. The Morgan fingerprint density at radius 1 is 1.23 bits per heavy atom. The molecule has 2 aromatic rings. The summed E-state index contributed by atoms with van der Waals surface area (Å²) in [6, 6.07) is 5.57. The quantitative estimate of drug-likeness (QED) is 0.802. The van der Waals surface area contributed by atoms with Gasteiger partial charge in [0.1, 0.15) is 5.52 Å². The lowest BCUT2D eigenvalue weighted by atomic mass is 10.3. The Kier molecular flexibility index (Phi) is 4.77. The predicted octanol–water partition coefficient (Wildman–Crippen LogP) is 2.13. The maximum absolute atomic E-state index is 5.42. The third-order valence-corrected chi connectivity index (χ3v) is 1.57. The molecule has 2 N–H and O–H groups in total. The monoisotopic (exact) mass is 220 g/mol. The number of rotatable bonds is 1. The molecular formula is C8H10Cl2N2O. The van der Waals surface area contributed by atoms with E-state index in [0.29, 0.717) is 6.54 Å². The SMILES string of the molecule is Cl.Cl.NCc1ccc2occc2n1. The van der Waals surface area contributed by atoms with Crippen LogP contribution in [0.25, 0.3) is 11.1 Å². The molecule has 0 atom stereocenters. The van der Waals surface area contributed by atoms with E-state index in [0.717, 1.165) is 16.8 Å². The number of nitrogens with zero attached hydrogens (tertiary/aromatic N) is 1. The van der Waals surface area contributed by atoms with Crippen LogP contribution in [0.1, 0.15) is 5.69 Å². The number of furan rings is 1. The highest BCUT2D eigenvalue weighted by Gasteiger charge is 1.97.